The fraction of sp³-hybridized carbons (Fsp3) is 0.267. The first-order valence-electron chi connectivity index (χ1n) is 6.87. The number of nitrogens with one attached hydrogen (secondary N) is 1. The van der Waals surface area contributed by atoms with Crippen molar-refractivity contribution in [2.24, 2.45) is 0 Å². The van der Waals surface area contributed by atoms with Crippen LogP contribution in [0.25, 0.3) is 0 Å². The van der Waals surface area contributed by atoms with Crippen molar-refractivity contribution in [3.8, 4) is 0 Å². The molecule has 2 heterocycles. The topological polar surface area (TPSA) is 62.3 Å². The number of pyridine rings is 1. The Morgan fingerprint density at radius 3 is 2.59 bits per heavy atom. The summed E-state index contributed by atoms with van der Waals surface area (Å²) in [6, 6.07) is 12.1. The average Bonchev–Trinajstić information content (AvgIpc) is 2.56. The average molecular weight is 340 g/mol. The molecule has 1 fully saturated rings. The zero-order valence-electron chi connectivity index (χ0n) is 11.9. The minimum absolute atomic E-state index is 0. The molecule has 0 saturated carbocycles. The lowest BCUT2D eigenvalue weighted by atomic mass is 10.1. The SMILES string of the molecule is Cl.O=S(=O)(c1ccccc1)N1CCNCC1c1cccnc1. The second-order valence-electron chi connectivity index (χ2n) is 4.94. The van der Waals surface area contributed by atoms with Gasteiger partial charge >= 0.3 is 0 Å². The first-order chi connectivity index (χ1) is 10.2. The Labute approximate surface area is 136 Å². The molecule has 0 spiro atoms. The molecule has 3 rings (SSSR count). The van der Waals surface area contributed by atoms with Crippen molar-refractivity contribution in [3.63, 3.8) is 0 Å². The number of hydrogen-bond donors (Lipinski definition) is 1. The predicted molar refractivity (Wildman–Crippen MR) is 87.4 cm³/mol. The van der Waals surface area contributed by atoms with Crippen molar-refractivity contribution in [1.82, 2.24) is 14.6 Å². The number of piperazine rings is 1. The van der Waals surface area contributed by atoms with E-state index in [1.807, 2.05) is 18.2 Å². The van der Waals surface area contributed by atoms with E-state index in [1.165, 1.54) is 0 Å². The number of aromatic nitrogens is 1. The molecule has 0 aliphatic carbocycles. The molecule has 1 aliphatic heterocycles. The molecule has 5 nitrogen and oxygen atoms in total. The standard InChI is InChI=1S/C15H17N3O2S.ClH/c19-21(20,14-6-2-1-3-7-14)18-10-9-17-12-15(18)13-5-4-8-16-11-13;/h1-8,11,15,17H,9-10,12H2;1H. The number of nitrogens with zero attached hydrogens (tertiary/aromatic N) is 2. The summed E-state index contributed by atoms with van der Waals surface area (Å²) in [4.78, 5) is 4.43. The molecule has 2 aromatic rings. The van der Waals surface area contributed by atoms with Gasteiger partial charge in [0.1, 0.15) is 0 Å². The third-order valence-electron chi connectivity index (χ3n) is 3.61. The largest absolute Gasteiger partial charge is 0.313 e. The van der Waals surface area contributed by atoms with Gasteiger partial charge in [-0.15, -0.1) is 12.4 Å². The molecule has 7 heteroatoms. The van der Waals surface area contributed by atoms with Gasteiger partial charge in [0.15, 0.2) is 0 Å². The number of rotatable bonds is 3. The summed E-state index contributed by atoms with van der Waals surface area (Å²) in [6.07, 6.45) is 3.42. The molecule has 0 radical (unpaired) electrons. The first kappa shape index (κ1) is 16.9. The van der Waals surface area contributed by atoms with Crippen molar-refractivity contribution in [2.45, 2.75) is 10.9 Å². The Kier molecular flexibility index (Phi) is 5.52. The molecule has 0 amide bonds. The van der Waals surface area contributed by atoms with Gasteiger partial charge in [0, 0.05) is 32.0 Å². The maximum atomic E-state index is 12.8. The van der Waals surface area contributed by atoms with E-state index in [4.69, 9.17) is 0 Å². The van der Waals surface area contributed by atoms with Gasteiger partial charge in [0.2, 0.25) is 10.0 Å². The van der Waals surface area contributed by atoms with Crippen molar-refractivity contribution in [3.05, 3.63) is 60.4 Å². The van der Waals surface area contributed by atoms with Gasteiger partial charge in [-0.05, 0) is 23.8 Å². The Hall–Kier alpha value is -1.47. The van der Waals surface area contributed by atoms with E-state index in [1.54, 1.807) is 41.0 Å². The van der Waals surface area contributed by atoms with Crippen LogP contribution in [-0.4, -0.2) is 37.3 Å². The number of halogens is 1. The highest BCUT2D eigenvalue weighted by Gasteiger charge is 2.34. The summed E-state index contributed by atoms with van der Waals surface area (Å²) in [7, 11) is -3.49. The van der Waals surface area contributed by atoms with Crippen LogP contribution < -0.4 is 5.32 Å². The fourth-order valence-corrected chi connectivity index (χ4v) is 4.19. The predicted octanol–water partition coefficient (Wildman–Crippen LogP) is 1.84. The second-order valence-corrected chi connectivity index (χ2v) is 6.83. The van der Waals surface area contributed by atoms with Crippen molar-refractivity contribution in [2.75, 3.05) is 19.6 Å². The second kappa shape index (κ2) is 7.19. The van der Waals surface area contributed by atoms with Crippen LogP contribution in [0.5, 0.6) is 0 Å². The van der Waals surface area contributed by atoms with Crippen LogP contribution in [0.1, 0.15) is 11.6 Å². The van der Waals surface area contributed by atoms with Gasteiger partial charge in [-0.3, -0.25) is 4.98 Å². The fourth-order valence-electron chi connectivity index (χ4n) is 2.56. The van der Waals surface area contributed by atoms with Crippen LogP contribution in [-0.2, 0) is 10.0 Å². The minimum atomic E-state index is -3.49. The summed E-state index contributed by atoms with van der Waals surface area (Å²) in [5.41, 5.74) is 0.907. The summed E-state index contributed by atoms with van der Waals surface area (Å²) >= 11 is 0. The molecule has 22 heavy (non-hydrogen) atoms. The van der Waals surface area contributed by atoms with E-state index in [0.29, 0.717) is 24.5 Å². The lowest BCUT2D eigenvalue weighted by molar-refractivity contribution is 0.271. The van der Waals surface area contributed by atoms with E-state index in [9.17, 15) is 8.42 Å². The van der Waals surface area contributed by atoms with E-state index < -0.39 is 10.0 Å². The summed E-state index contributed by atoms with van der Waals surface area (Å²) in [5, 5.41) is 3.25. The van der Waals surface area contributed by atoms with Gasteiger partial charge < -0.3 is 5.32 Å². The molecule has 0 bridgehead atoms. The zero-order valence-corrected chi connectivity index (χ0v) is 13.6. The molecular weight excluding hydrogens is 322 g/mol. The maximum Gasteiger partial charge on any atom is 0.243 e. The zero-order chi connectivity index (χ0) is 14.7. The maximum absolute atomic E-state index is 12.8. The summed E-state index contributed by atoms with van der Waals surface area (Å²) in [5.74, 6) is 0. The van der Waals surface area contributed by atoms with Gasteiger partial charge in [0.05, 0.1) is 10.9 Å². The third-order valence-corrected chi connectivity index (χ3v) is 5.54. The molecule has 1 N–H and O–H groups in total. The van der Waals surface area contributed by atoms with Crippen LogP contribution in [0.2, 0.25) is 0 Å². The highest BCUT2D eigenvalue weighted by atomic mass is 35.5. The van der Waals surface area contributed by atoms with Crippen molar-refractivity contribution in [1.29, 1.82) is 0 Å². The highest BCUT2D eigenvalue weighted by Crippen LogP contribution is 2.28. The Bertz CT molecular complexity index is 695. The molecule has 1 unspecified atom stereocenters. The lowest BCUT2D eigenvalue weighted by Gasteiger charge is -2.35. The molecule has 1 aromatic heterocycles. The van der Waals surface area contributed by atoms with Crippen molar-refractivity contribution < 1.29 is 8.42 Å². The smallest absolute Gasteiger partial charge is 0.243 e. The van der Waals surface area contributed by atoms with Crippen LogP contribution >= 0.6 is 12.4 Å². The molecule has 118 valence electrons. The first-order valence-corrected chi connectivity index (χ1v) is 8.31. The molecular formula is C15H18ClN3O2S. The third kappa shape index (κ3) is 3.30. The molecule has 1 aliphatic rings. The quantitative estimate of drug-likeness (QED) is 0.926. The van der Waals surface area contributed by atoms with Crippen LogP contribution in [0.4, 0.5) is 0 Å². The van der Waals surface area contributed by atoms with E-state index in [-0.39, 0.29) is 18.4 Å². The van der Waals surface area contributed by atoms with E-state index in [2.05, 4.69) is 10.3 Å². The Morgan fingerprint density at radius 1 is 1.14 bits per heavy atom. The normalized spacial score (nSPS) is 19.4. The van der Waals surface area contributed by atoms with E-state index in [0.717, 1.165) is 5.56 Å². The van der Waals surface area contributed by atoms with Crippen LogP contribution in [0.3, 0.4) is 0 Å². The summed E-state index contributed by atoms with van der Waals surface area (Å²) < 4.78 is 27.3. The molecule has 1 aromatic carbocycles. The number of hydrogen-bond acceptors (Lipinski definition) is 4. The summed E-state index contributed by atoms with van der Waals surface area (Å²) in [6.45, 7) is 1.71. The van der Waals surface area contributed by atoms with E-state index >= 15 is 0 Å². The minimum Gasteiger partial charge on any atom is -0.313 e. The van der Waals surface area contributed by atoms with Gasteiger partial charge in [-0.1, -0.05) is 24.3 Å². The molecule has 1 atom stereocenters. The Morgan fingerprint density at radius 2 is 1.91 bits per heavy atom. The number of sulfonamides is 1. The van der Waals surface area contributed by atoms with Crippen molar-refractivity contribution >= 4 is 22.4 Å². The Balaban J connectivity index is 0.00000176. The van der Waals surface area contributed by atoms with Crippen LogP contribution in [0.15, 0.2) is 59.8 Å². The molecule has 1 saturated heterocycles. The van der Waals surface area contributed by atoms with Gasteiger partial charge in [-0.2, -0.15) is 4.31 Å². The monoisotopic (exact) mass is 339 g/mol. The highest BCUT2D eigenvalue weighted by molar-refractivity contribution is 7.89. The van der Waals surface area contributed by atoms with Crippen LogP contribution in [0, 0.1) is 0 Å². The van der Waals surface area contributed by atoms with Gasteiger partial charge in [-0.25, -0.2) is 8.42 Å². The number of benzene rings is 1. The van der Waals surface area contributed by atoms with Gasteiger partial charge in [0.25, 0.3) is 0 Å². The lowest BCUT2D eigenvalue weighted by Crippen LogP contribution is -2.48.